The Balaban J connectivity index is 1.68. The van der Waals surface area contributed by atoms with Crippen LogP contribution in [0.5, 0.6) is 0 Å². The van der Waals surface area contributed by atoms with Gasteiger partial charge in [0, 0.05) is 12.8 Å². The Morgan fingerprint density at radius 2 is 1.83 bits per heavy atom. The minimum atomic E-state index is 0.480. The average molecular weight is 167 g/mol. The normalized spacial score (nSPS) is 27.2. The van der Waals surface area contributed by atoms with Crippen molar-refractivity contribution >= 4 is 5.78 Å². The van der Waals surface area contributed by atoms with E-state index in [1.807, 2.05) is 0 Å². The van der Waals surface area contributed by atoms with Crippen LogP contribution < -0.4 is 5.32 Å². The molecule has 1 aliphatic carbocycles. The molecule has 2 aliphatic rings. The van der Waals surface area contributed by atoms with E-state index in [0.29, 0.717) is 5.78 Å². The molecule has 2 nitrogen and oxygen atoms in total. The lowest BCUT2D eigenvalue weighted by Crippen LogP contribution is -2.32. The summed E-state index contributed by atoms with van der Waals surface area (Å²) in [4.78, 5) is 10.7. The van der Waals surface area contributed by atoms with Gasteiger partial charge < -0.3 is 5.32 Å². The molecule has 2 heteroatoms. The number of nitrogens with one attached hydrogen (secondary N) is 1. The van der Waals surface area contributed by atoms with E-state index >= 15 is 0 Å². The van der Waals surface area contributed by atoms with Crippen LogP contribution in [-0.2, 0) is 4.79 Å². The Bertz CT molecular complexity index is 165. The zero-order valence-electron chi connectivity index (χ0n) is 7.51. The van der Waals surface area contributed by atoms with E-state index in [1.165, 1.54) is 32.4 Å². The molecule has 0 aromatic heterocycles. The van der Waals surface area contributed by atoms with E-state index < -0.39 is 0 Å². The molecule has 2 fully saturated rings. The van der Waals surface area contributed by atoms with Crippen molar-refractivity contribution < 1.29 is 4.79 Å². The van der Waals surface area contributed by atoms with Crippen molar-refractivity contribution in [3.8, 4) is 0 Å². The lowest BCUT2D eigenvalue weighted by Gasteiger charge is -2.30. The van der Waals surface area contributed by atoms with Crippen LogP contribution >= 0.6 is 0 Å². The largest absolute Gasteiger partial charge is 0.317 e. The number of hydrogen-bond donors (Lipinski definition) is 1. The Hall–Kier alpha value is -0.370. The van der Waals surface area contributed by atoms with Crippen molar-refractivity contribution in [1.82, 2.24) is 5.32 Å². The molecule has 1 saturated heterocycles. The standard InChI is InChI=1S/C10H17NO/c12-10-6-9(7-10)5-8-1-3-11-4-2-8/h8-9,11H,1-7H2. The summed E-state index contributed by atoms with van der Waals surface area (Å²) in [6.45, 7) is 2.37. The number of piperidine rings is 1. The Morgan fingerprint density at radius 3 is 2.42 bits per heavy atom. The number of carbonyl (C=O) groups is 1. The van der Waals surface area contributed by atoms with Crippen molar-refractivity contribution in [3.63, 3.8) is 0 Å². The van der Waals surface area contributed by atoms with Gasteiger partial charge >= 0.3 is 0 Å². The van der Waals surface area contributed by atoms with E-state index in [2.05, 4.69) is 5.32 Å². The summed E-state index contributed by atoms with van der Waals surface area (Å²) in [5, 5.41) is 3.37. The van der Waals surface area contributed by atoms with Crippen LogP contribution in [-0.4, -0.2) is 18.9 Å². The van der Waals surface area contributed by atoms with Gasteiger partial charge in [-0.15, -0.1) is 0 Å². The van der Waals surface area contributed by atoms with Gasteiger partial charge in [0.25, 0.3) is 0 Å². The maximum Gasteiger partial charge on any atom is 0.133 e. The topological polar surface area (TPSA) is 29.1 Å². The quantitative estimate of drug-likeness (QED) is 0.672. The molecule has 0 unspecified atom stereocenters. The van der Waals surface area contributed by atoms with Crippen LogP contribution in [0.25, 0.3) is 0 Å². The maximum absolute atomic E-state index is 10.7. The first-order valence-electron chi connectivity index (χ1n) is 5.07. The SMILES string of the molecule is O=C1CC(CC2CCNCC2)C1. The van der Waals surface area contributed by atoms with Crippen LogP contribution in [0.2, 0.25) is 0 Å². The number of ketones is 1. The molecule has 0 atom stereocenters. The first kappa shape index (κ1) is 8.24. The predicted molar refractivity (Wildman–Crippen MR) is 47.9 cm³/mol. The molecule has 12 heavy (non-hydrogen) atoms. The number of rotatable bonds is 2. The lowest BCUT2D eigenvalue weighted by atomic mass is 9.76. The molecule has 1 saturated carbocycles. The fourth-order valence-corrected chi connectivity index (χ4v) is 2.34. The molecule has 68 valence electrons. The van der Waals surface area contributed by atoms with E-state index in [9.17, 15) is 4.79 Å². The molecule has 2 rings (SSSR count). The van der Waals surface area contributed by atoms with Crippen LogP contribution in [0.1, 0.15) is 32.1 Å². The second kappa shape index (κ2) is 3.56. The monoisotopic (exact) mass is 167 g/mol. The van der Waals surface area contributed by atoms with Crippen molar-refractivity contribution in [2.75, 3.05) is 13.1 Å². The third-order valence-corrected chi connectivity index (χ3v) is 3.16. The van der Waals surface area contributed by atoms with Crippen LogP contribution in [0.4, 0.5) is 0 Å². The minimum Gasteiger partial charge on any atom is -0.317 e. The van der Waals surface area contributed by atoms with Crippen molar-refractivity contribution in [1.29, 1.82) is 0 Å². The molecule has 1 N–H and O–H groups in total. The molecule has 0 spiro atoms. The van der Waals surface area contributed by atoms with E-state index in [0.717, 1.165) is 24.7 Å². The van der Waals surface area contributed by atoms with Gasteiger partial charge in [-0.1, -0.05) is 0 Å². The van der Waals surface area contributed by atoms with Crippen molar-refractivity contribution in [2.45, 2.75) is 32.1 Å². The second-order valence-corrected chi connectivity index (χ2v) is 4.24. The maximum atomic E-state index is 10.7. The summed E-state index contributed by atoms with van der Waals surface area (Å²) >= 11 is 0. The highest BCUT2D eigenvalue weighted by molar-refractivity contribution is 5.84. The summed E-state index contributed by atoms with van der Waals surface area (Å²) in [6, 6.07) is 0. The predicted octanol–water partition coefficient (Wildman–Crippen LogP) is 1.36. The lowest BCUT2D eigenvalue weighted by molar-refractivity contribution is -0.127. The third kappa shape index (κ3) is 1.86. The van der Waals surface area contributed by atoms with Gasteiger partial charge in [-0.05, 0) is 44.2 Å². The Labute approximate surface area is 73.7 Å². The van der Waals surface area contributed by atoms with Gasteiger partial charge in [-0.2, -0.15) is 0 Å². The summed E-state index contributed by atoms with van der Waals surface area (Å²) in [6.07, 6.45) is 5.72. The molecule has 1 heterocycles. The van der Waals surface area contributed by atoms with Gasteiger partial charge in [0.2, 0.25) is 0 Å². The smallest absolute Gasteiger partial charge is 0.133 e. The van der Waals surface area contributed by atoms with Crippen LogP contribution in [0, 0.1) is 11.8 Å². The van der Waals surface area contributed by atoms with Crippen molar-refractivity contribution in [2.24, 2.45) is 11.8 Å². The zero-order valence-corrected chi connectivity index (χ0v) is 7.51. The fourth-order valence-electron chi connectivity index (χ4n) is 2.34. The molecular formula is C10H17NO. The molecular weight excluding hydrogens is 150 g/mol. The highest BCUT2D eigenvalue weighted by Crippen LogP contribution is 2.32. The zero-order chi connectivity index (χ0) is 8.39. The molecule has 0 amide bonds. The van der Waals surface area contributed by atoms with Gasteiger partial charge in [-0.25, -0.2) is 0 Å². The Morgan fingerprint density at radius 1 is 1.17 bits per heavy atom. The van der Waals surface area contributed by atoms with Crippen LogP contribution in [0.15, 0.2) is 0 Å². The molecule has 0 aromatic carbocycles. The summed E-state index contributed by atoms with van der Waals surface area (Å²) in [5.41, 5.74) is 0. The Kier molecular flexibility index (Phi) is 2.45. The molecule has 0 radical (unpaired) electrons. The number of hydrogen-bond acceptors (Lipinski definition) is 2. The fraction of sp³-hybridized carbons (Fsp3) is 0.900. The number of carbonyl (C=O) groups excluding carboxylic acids is 1. The van der Waals surface area contributed by atoms with E-state index in [1.54, 1.807) is 0 Å². The van der Waals surface area contributed by atoms with E-state index in [4.69, 9.17) is 0 Å². The van der Waals surface area contributed by atoms with Crippen molar-refractivity contribution in [3.05, 3.63) is 0 Å². The molecule has 0 aromatic rings. The molecule has 1 aliphatic heterocycles. The first-order valence-corrected chi connectivity index (χ1v) is 5.07. The van der Waals surface area contributed by atoms with Gasteiger partial charge in [0.15, 0.2) is 0 Å². The number of Topliss-reactive ketones (excluding diaryl/α,β-unsaturated/α-hetero) is 1. The summed E-state index contributed by atoms with van der Waals surface area (Å²) in [7, 11) is 0. The highest BCUT2D eigenvalue weighted by Gasteiger charge is 2.29. The molecule has 0 bridgehead atoms. The van der Waals surface area contributed by atoms with Gasteiger partial charge in [0.1, 0.15) is 5.78 Å². The minimum absolute atomic E-state index is 0.480. The van der Waals surface area contributed by atoms with Gasteiger partial charge in [-0.3, -0.25) is 4.79 Å². The average Bonchev–Trinajstić information content (AvgIpc) is 2.04. The van der Waals surface area contributed by atoms with Gasteiger partial charge in [0.05, 0.1) is 0 Å². The second-order valence-electron chi connectivity index (χ2n) is 4.24. The summed E-state index contributed by atoms with van der Waals surface area (Å²) in [5.74, 6) is 2.14. The van der Waals surface area contributed by atoms with Crippen LogP contribution in [0.3, 0.4) is 0 Å². The third-order valence-electron chi connectivity index (χ3n) is 3.16. The van der Waals surface area contributed by atoms with E-state index in [-0.39, 0.29) is 0 Å². The first-order chi connectivity index (χ1) is 5.84. The highest BCUT2D eigenvalue weighted by atomic mass is 16.1. The summed E-state index contributed by atoms with van der Waals surface area (Å²) < 4.78 is 0.